The van der Waals surface area contributed by atoms with Gasteiger partial charge in [0.15, 0.2) is 0 Å². The van der Waals surface area contributed by atoms with Gasteiger partial charge in [0.1, 0.15) is 5.83 Å². The normalized spacial score (nSPS) is 12.6. The quantitative estimate of drug-likeness (QED) is 0.644. The van der Waals surface area contributed by atoms with Gasteiger partial charge < -0.3 is 5.32 Å². The highest BCUT2D eigenvalue weighted by molar-refractivity contribution is 5.75. The van der Waals surface area contributed by atoms with Crippen LogP contribution in [0.4, 0.5) is 4.39 Å². The van der Waals surface area contributed by atoms with E-state index in [0.29, 0.717) is 0 Å². The number of allylic oxidation sites excluding steroid dienone is 4. The van der Waals surface area contributed by atoms with Crippen molar-refractivity contribution in [2.24, 2.45) is 0 Å². The SMILES string of the molecule is C=CC(F)=C(C=CC)NC(C)=O. The van der Waals surface area contributed by atoms with E-state index >= 15 is 0 Å². The molecule has 0 unspecified atom stereocenters. The molecule has 0 bridgehead atoms. The number of hydrogen-bond donors (Lipinski definition) is 1. The third-order valence-electron chi connectivity index (χ3n) is 1.08. The predicted molar refractivity (Wildman–Crippen MR) is 47.0 cm³/mol. The van der Waals surface area contributed by atoms with E-state index in [2.05, 4.69) is 11.9 Å². The zero-order chi connectivity index (χ0) is 9.56. The minimum absolute atomic E-state index is 0.139. The van der Waals surface area contributed by atoms with Gasteiger partial charge in [0.05, 0.1) is 5.70 Å². The number of carbonyl (C=O) groups excluding carboxylic acids is 1. The fourth-order valence-electron chi connectivity index (χ4n) is 0.647. The van der Waals surface area contributed by atoms with Crippen molar-refractivity contribution >= 4 is 5.91 Å². The molecule has 0 saturated heterocycles. The Kier molecular flexibility index (Phi) is 4.69. The second kappa shape index (κ2) is 5.29. The number of nitrogens with one attached hydrogen (secondary N) is 1. The summed E-state index contributed by atoms with van der Waals surface area (Å²) in [4.78, 5) is 10.6. The van der Waals surface area contributed by atoms with Crippen LogP contribution in [0.2, 0.25) is 0 Å². The molecule has 1 N–H and O–H groups in total. The molecule has 12 heavy (non-hydrogen) atoms. The lowest BCUT2D eigenvalue weighted by molar-refractivity contribution is -0.118. The van der Waals surface area contributed by atoms with E-state index in [4.69, 9.17) is 0 Å². The van der Waals surface area contributed by atoms with Gasteiger partial charge in [-0.2, -0.15) is 0 Å². The monoisotopic (exact) mass is 169 g/mol. The van der Waals surface area contributed by atoms with E-state index in [0.717, 1.165) is 6.08 Å². The van der Waals surface area contributed by atoms with Crippen LogP contribution in [-0.2, 0) is 4.79 Å². The molecule has 2 nitrogen and oxygen atoms in total. The highest BCUT2D eigenvalue weighted by Crippen LogP contribution is 2.05. The van der Waals surface area contributed by atoms with Crippen molar-refractivity contribution in [3.05, 3.63) is 36.3 Å². The molecule has 0 aliphatic carbocycles. The fraction of sp³-hybridized carbons (Fsp3) is 0.222. The Hall–Kier alpha value is -1.38. The highest BCUT2D eigenvalue weighted by Gasteiger charge is 2.00. The topological polar surface area (TPSA) is 29.1 Å². The van der Waals surface area contributed by atoms with Crippen molar-refractivity contribution in [2.45, 2.75) is 13.8 Å². The van der Waals surface area contributed by atoms with E-state index < -0.39 is 5.83 Å². The van der Waals surface area contributed by atoms with E-state index in [1.54, 1.807) is 13.0 Å². The zero-order valence-corrected chi connectivity index (χ0v) is 7.23. The standard InChI is InChI=1S/C9H12FNO/c1-4-6-9(8(10)5-2)11-7(3)12/h4-6H,2H2,1,3H3,(H,11,12). The Balaban J connectivity index is 4.65. The van der Waals surface area contributed by atoms with Crippen LogP contribution in [0.25, 0.3) is 0 Å². The summed E-state index contributed by atoms with van der Waals surface area (Å²) in [5, 5.41) is 2.34. The molecule has 0 aromatic rings. The summed E-state index contributed by atoms with van der Waals surface area (Å²) in [6, 6.07) is 0. The molecule has 0 saturated carbocycles. The maximum Gasteiger partial charge on any atom is 0.221 e. The van der Waals surface area contributed by atoms with Crippen molar-refractivity contribution < 1.29 is 9.18 Å². The molecule has 0 spiro atoms. The van der Waals surface area contributed by atoms with Crippen LogP contribution in [0.5, 0.6) is 0 Å². The second-order valence-electron chi connectivity index (χ2n) is 2.15. The Labute approximate surface area is 71.5 Å². The Morgan fingerprint density at radius 2 is 2.17 bits per heavy atom. The summed E-state index contributed by atoms with van der Waals surface area (Å²) in [7, 11) is 0. The molecule has 0 fully saturated rings. The van der Waals surface area contributed by atoms with E-state index in [1.165, 1.54) is 13.0 Å². The molecular formula is C9H12FNO. The molecule has 0 radical (unpaired) electrons. The van der Waals surface area contributed by atoms with E-state index in [9.17, 15) is 9.18 Å². The summed E-state index contributed by atoms with van der Waals surface area (Å²) in [6.07, 6.45) is 4.15. The van der Waals surface area contributed by atoms with E-state index in [-0.39, 0.29) is 11.6 Å². The third-order valence-corrected chi connectivity index (χ3v) is 1.08. The van der Waals surface area contributed by atoms with Gasteiger partial charge in [0.2, 0.25) is 5.91 Å². The molecule has 0 aliphatic rings. The zero-order valence-electron chi connectivity index (χ0n) is 7.23. The molecule has 66 valence electrons. The van der Waals surface area contributed by atoms with Gasteiger partial charge in [0.25, 0.3) is 0 Å². The van der Waals surface area contributed by atoms with Gasteiger partial charge in [-0.25, -0.2) is 4.39 Å². The van der Waals surface area contributed by atoms with Crippen molar-refractivity contribution in [1.29, 1.82) is 0 Å². The molecule has 0 atom stereocenters. The Bertz CT molecular complexity index is 241. The van der Waals surface area contributed by atoms with Crippen LogP contribution >= 0.6 is 0 Å². The lowest BCUT2D eigenvalue weighted by Gasteiger charge is -2.02. The number of carbonyl (C=O) groups is 1. The number of halogens is 1. The Morgan fingerprint density at radius 1 is 1.58 bits per heavy atom. The van der Waals surface area contributed by atoms with Crippen molar-refractivity contribution in [3.8, 4) is 0 Å². The van der Waals surface area contributed by atoms with Crippen LogP contribution in [0.3, 0.4) is 0 Å². The van der Waals surface area contributed by atoms with Crippen molar-refractivity contribution in [2.75, 3.05) is 0 Å². The summed E-state index contributed by atoms with van der Waals surface area (Å²) in [5.74, 6) is -0.844. The molecule has 0 heterocycles. The lowest BCUT2D eigenvalue weighted by Crippen LogP contribution is -2.18. The second-order valence-corrected chi connectivity index (χ2v) is 2.15. The van der Waals surface area contributed by atoms with Crippen molar-refractivity contribution in [1.82, 2.24) is 5.32 Å². The predicted octanol–water partition coefficient (Wildman–Crippen LogP) is 2.07. The van der Waals surface area contributed by atoms with Crippen LogP contribution in [-0.4, -0.2) is 5.91 Å². The van der Waals surface area contributed by atoms with Crippen LogP contribution in [0.1, 0.15) is 13.8 Å². The smallest absolute Gasteiger partial charge is 0.221 e. The molecule has 1 amide bonds. The Morgan fingerprint density at radius 3 is 2.50 bits per heavy atom. The molecular weight excluding hydrogens is 157 g/mol. The van der Waals surface area contributed by atoms with Crippen LogP contribution in [0.15, 0.2) is 36.3 Å². The van der Waals surface area contributed by atoms with Gasteiger partial charge in [-0.15, -0.1) is 0 Å². The molecule has 0 aromatic carbocycles. The average Bonchev–Trinajstić information content (AvgIpc) is 2.01. The van der Waals surface area contributed by atoms with Crippen LogP contribution < -0.4 is 5.32 Å². The number of amides is 1. The first kappa shape index (κ1) is 10.6. The first-order chi connectivity index (χ1) is 5.61. The fourth-order valence-corrected chi connectivity index (χ4v) is 0.647. The summed E-state index contributed by atoms with van der Waals surface area (Å²) in [6.45, 7) is 6.31. The van der Waals surface area contributed by atoms with E-state index in [1.807, 2.05) is 0 Å². The number of rotatable bonds is 3. The summed E-state index contributed by atoms with van der Waals surface area (Å²) in [5.41, 5.74) is 0.139. The maximum absolute atomic E-state index is 12.8. The first-order valence-electron chi connectivity index (χ1n) is 3.54. The average molecular weight is 169 g/mol. The maximum atomic E-state index is 12.8. The molecule has 0 rings (SSSR count). The summed E-state index contributed by atoms with van der Waals surface area (Å²) >= 11 is 0. The van der Waals surface area contributed by atoms with Gasteiger partial charge in [-0.05, 0) is 19.1 Å². The van der Waals surface area contributed by atoms with Gasteiger partial charge >= 0.3 is 0 Å². The first-order valence-corrected chi connectivity index (χ1v) is 3.54. The number of hydrogen-bond acceptors (Lipinski definition) is 1. The minimum atomic E-state index is -0.539. The largest absolute Gasteiger partial charge is 0.324 e. The van der Waals surface area contributed by atoms with Crippen LogP contribution in [0, 0.1) is 0 Å². The lowest BCUT2D eigenvalue weighted by atomic mass is 10.3. The molecule has 0 aromatic heterocycles. The third kappa shape index (κ3) is 3.71. The molecule has 0 aliphatic heterocycles. The minimum Gasteiger partial charge on any atom is -0.324 e. The molecule has 3 heteroatoms. The van der Waals surface area contributed by atoms with Gasteiger partial charge in [-0.1, -0.05) is 12.7 Å². The highest BCUT2D eigenvalue weighted by atomic mass is 19.1. The van der Waals surface area contributed by atoms with Crippen molar-refractivity contribution in [3.63, 3.8) is 0 Å². The van der Waals surface area contributed by atoms with Gasteiger partial charge in [-0.3, -0.25) is 4.79 Å². The summed E-state index contributed by atoms with van der Waals surface area (Å²) < 4.78 is 12.8. The van der Waals surface area contributed by atoms with Gasteiger partial charge in [0, 0.05) is 6.92 Å².